The second-order valence-corrected chi connectivity index (χ2v) is 12.0. The van der Waals surface area contributed by atoms with E-state index in [0.717, 1.165) is 16.8 Å². The molecule has 4 aromatic carbocycles. The summed E-state index contributed by atoms with van der Waals surface area (Å²) in [6.07, 6.45) is 1.81. The van der Waals surface area contributed by atoms with E-state index in [-0.39, 0.29) is 18.4 Å². The van der Waals surface area contributed by atoms with Gasteiger partial charge in [-0.3, -0.25) is 19.5 Å². The van der Waals surface area contributed by atoms with Gasteiger partial charge in [-0.05, 0) is 98.6 Å². The van der Waals surface area contributed by atoms with Crippen LogP contribution in [0.5, 0.6) is 5.75 Å². The van der Waals surface area contributed by atoms with Gasteiger partial charge >= 0.3 is 6.09 Å². The van der Waals surface area contributed by atoms with Gasteiger partial charge < -0.3 is 20.1 Å². The van der Waals surface area contributed by atoms with Gasteiger partial charge in [0.15, 0.2) is 6.61 Å². The molecular weight excluding hydrogens is 604 g/mol. The number of nitrogens with zero attached hydrogens (tertiary/aromatic N) is 2. The minimum absolute atomic E-state index is 0.133. The number of ether oxygens (including phenoxy) is 2. The van der Waals surface area contributed by atoms with Crippen LogP contribution in [-0.2, 0) is 16.0 Å². The van der Waals surface area contributed by atoms with Crippen LogP contribution >= 0.6 is 0 Å². The van der Waals surface area contributed by atoms with E-state index in [1.807, 2.05) is 99.6 Å². The molecule has 0 saturated heterocycles. The lowest BCUT2D eigenvalue weighted by atomic mass is 9.99. The van der Waals surface area contributed by atoms with Gasteiger partial charge in [0.25, 0.3) is 11.8 Å². The van der Waals surface area contributed by atoms with Gasteiger partial charge in [0.2, 0.25) is 0 Å². The molecule has 9 nitrogen and oxygen atoms in total. The number of hydrogen-bond acceptors (Lipinski definition) is 6. The van der Waals surface area contributed by atoms with Crippen LogP contribution in [0.1, 0.15) is 36.8 Å². The maximum Gasteiger partial charge on any atom is 0.414 e. The second-order valence-electron chi connectivity index (χ2n) is 12.0. The van der Waals surface area contributed by atoms with E-state index in [4.69, 9.17) is 9.47 Å². The number of aromatic nitrogens is 1. The number of rotatable bonds is 11. The first kappa shape index (κ1) is 33.4. The molecule has 0 spiro atoms. The predicted octanol–water partition coefficient (Wildman–Crippen LogP) is 8.00. The summed E-state index contributed by atoms with van der Waals surface area (Å²) < 4.78 is 11.3. The summed E-state index contributed by atoms with van der Waals surface area (Å²) in [5.41, 5.74) is 4.16. The molecule has 0 atom stereocenters. The molecule has 0 radical (unpaired) electrons. The van der Waals surface area contributed by atoms with Gasteiger partial charge in [-0.2, -0.15) is 0 Å². The van der Waals surface area contributed by atoms with E-state index < -0.39 is 11.7 Å². The molecule has 244 valence electrons. The Morgan fingerprint density at radius 1 is 0.729 bits per heavy atom. The van der Waals surface area contributed by atoms with Crippen LogP contribution in [0.4, 0.5) is 21.9 Å². The van der Waals surface area contributed by atoms with Crippen molar-refractivity contribution in [3.63, 3.8) is 0 Å². The van der Waals surface area contributed by atoms with Crippen molar-refractivity contribution in [3.8, 4) is 16.9 Å². The fourth-order valence-electron chi connectivity index (χ4n) is 4.87. The molecule has 9 heteroatoms. The van der Waals surface area contributed by atoms with E-state index in [1.165, 1.54) is 0 Å². The van der Waals surface area contributed by atoms with E-state index in [0.29, 0.717) is 41.3 Å². The van der Waals surface area contributed by atoms with Crippen LogP contribution in [0.3, 0.4) is 0 Å². The molecule has 0 unspecified atom stereocenters. The lowest BCUT2D eigenvalue weighted by molar-refractivity contribution is -0.118. The molecule has 2 N–H and O–H groups in total. The summed E-state index contributed by atoms with van der Waals surface area (Å²) in [5, 5.41) is 5.76. The molecule has 1 aromatic heterocycles. The van der Waals surface area contributed by atoms with Crippen molar-refractivity contribution in [2.24, 2.45) is 0 Å². The number of hydrogen-bond donors (Lipinski definition) is 2. The maximum absolute atomic E-state index is 13.5. The Kier molecular flexibility index (Phi) is 10.8. The molecule has 0 aliphatic rings. The molecule has 0 aliphatic heterocycles. The lowest BCUT2D eigenvalue weighted by Gasteiger charge is -2.27. The van der Waals surface area contributed by atoms with Gasteiger partial charge in [-0.15, -0.1) is 0 Å². The second kappa shape index (κ2) is 15.6. The first-order valence-corrected chi connectivity index (χ1v) is 15.6. The molecule has 48 heavy (non-hydrogen) atoms. The van der Waals surface area contributed by atoms with Crippen molar-refractivity contribution in [2.45, 2.75) is 32.8 Å². The molecule has 1 heterocycles. The third-order valence-electron chi connectivity index (χ3n) is 7.13. The monoisotopic (exact) mass is 642 g/mol. The third-order valence-corrected chi connectivity index (χ3v) is 7.13. The highest BCUT2D eigenvalue weighted by atomic mass is 16.6. The van der Waals surface area contributed by atoms with Crippen molar-refractivity contribution in [1.82, 2.24) is 4.98 Å². The van der Waals surface area contributed by atoms with Gasteiger partial charge in [-0.1, -0.05) is 54.6 Å². The normalized spacial score (nSPS) is 10.9. The first-order valence-electron chi connectivity index (χ1n) is 15.6. The van der Waals surface area contributed by atoms with Crippen LogP contribution in [0.25, 0.3) is 11.1 Å². The average Bonchev–Trinajstić information content (AvgIpc) is 3.08. The van der Waals surface area contributed by atoms with Crippen molar-refractivity contribution in [3.05, 3.63) is 139 Å². The first-order chi connectivity index (χ1) is 23.1. The smallest absolute Gasteiger partial charge is 0.414 e. The highest BCUT2D eigenvalue weighted by molar-refractivity contribution is 6.08. The highest BCUT2D eigenvalue weighted by Crippen LogP contribution is 2.28. The van der Waals surface area contributed by atoms with Gasteiger partial charge in [0.1, 0.15) is 11.4 Å². The minimum atomic E-state index is -0.659. The SMILES string of the molecule is CC(C)(C)OC(=O)N(CCc1ccccn1)c1ccc(NC(=O)c2ccccc2-c2ccc(OCC(=O)Nc3ccccc3)cc2)cc1. The minimum Gasteiger partial charge on any atom is -0.484 e. The van der Waals surface area contributed by atoms with Crippen LogP contribution in [0, 0.1) is 0 Å². The maximum atomic E-state index is 13.5. The molecule has 0 saturated carbocycles. The summed E-state index contributed by atoms with van der Waals surface area (Å²) in [4.78, 5) is 44.8. The van der Waals surface area contributed by atoms with Gasteiger partial charge in [0.05, 0.1) is 0 Å². The van der Waals surface area contributed by atoms with E-state index >= 15 is 0 Å². The van der Waals surface area contributed by atoms with E-state index in [1.54, 1.807) is 53.6 Å². The number of carbonyl (C=O) groups is 3. The molecule has 5 rings (SSSR count). The molecule has 0 aliphatic carbocycles. The van der Waals surface area contributed by atoms with Gasteiger partial charge in [-0.25, -0.2) is 4.79 Å². The molecule has 0 bridgehead atoms. The van der Waals surface area contributed by atoms with Crippen LogP contribution < -0.4 is 20.3 Å². The summed E-state index contributed by atoms with van der Waals surface area (Å²) in [7, 11) is 0. The van der Waals surface area contributed by atoms with E-state index in [2.05, 4.69) is 15.6 Å². The average molecular weight is 643 g/mol. The van der Waals surface area contributed by atoms with Crippen LogP contribution in [0.2, 0.25) is 0 Å². The number of nitrogens with one attached hydrogen (secondary N) is 2. The molecule has 0 fully saturated rings. The van der Waals surface area contributed by atoms with Crippen molar-refractivity contribution >= 4 is 35.0 Å². The fourth-order valence-corrected chi connectivity index (χ4v) is 4.87. The molecule has 3 amide bonds. The number of amides is 3. The third kappa shape index (κ3) is 9.53. The zero-order valence-electron chi connectivity index (χ0n) is 27.2. The lowest BCUT2D eigenvalue weighted by Crippen LogP contribution is -2.38. The number of para-hydroxylation sites is 1. The highest BCUT2D eigenvalue weighted by Gasteiger charge is 2.24. The number of pyridine rings is 1. The van der Waals surface area contributed by atoms with Crippen LogP contribution in [0.15, 0.2) is 128 Å². The Balaban J connectivity index is 1.24. The Morgan fingerprint density at radius 3 is 2.08 bits per heavy atom. The quantitative estimate of drug-likeness (QED) is 0.151. The number of anilines is 3. The van der Waals surface area contributed by atoms with Crippen molar-refractivity contribution in [2.75, 3.05) is 28.7 Å². The zero-order chi connectivity index (χ0) is 33.9. The topological polar surface area (TPSA) is 110 Å². The van der Waals surface area contributed by atoms with E-state index in [9.17, 15) is 14.4 Å². The molecule has 5 aromatic rings. The van der Waals surface area contributed by atoms with Gasteiger partial charge in [0, 0.05) is 47.5 Å². The Hall–Kier alpha value is -5.96. The Morgan fingerprint density at radius 2 is 1.40 bits per heavy atom. The summed E-state index contributed by atoms with van der Waals surface area (Å²) in [6, 6.07) is 36.5. The van der Waals surface area contributed by atoms with Crippen molar-refractivity contribution < 1.29 is 23.9 Å². The Bertz CT molecular complexity index is 1820. The predicted molar refractivity (Wildman–Crippen MR) is 188 cm³/mol. The zero-order valence-corrected chi connectivity index (χ0v) is 27.2. The largest absolute Gasteiger partial charge is 0.484 e. The summed E-state index contributed by atoms with van der Waals surface area (Å²) in [6.45, 7) is 5.72. The number of benzene rings is 4. The fraction of sp³-hybridized carbons (Fsp3) is 0.179. The van der Waals surface area contributed by atoms with Crippen LogP contribution in [-0.4, -0.2) is 41.6 Å². The Labute approximate surface area is 280 Å². The summed E-state index contributed by atoms with van der Waals surface area (Å²) >= 11 is 0. The standard InChI is InChI=1S/C39H38N4O5/c1-39(2,3)48-38(46)43(26-24-29-11-9-10-25-40-29)32-20-18-31(19-21-32)42-37(45)35-15-8-7-14-34(35)28-16-22-33(23-17-28)47-27-36(44)41-30-12-5-4-6-13-30/h4-23,25H,24,26-27H2,1-3H3,(H,41,44)(H,42,45). The number of carbonyl (C=O) groups excluding carboxylic acids is 3. The molecular formula is C39H38N4O5. The van der Waals surface area contributed by atoms with Crippen molar-refractivity contribution in [1.29, 1.82) is 0 Å². The summed E-state index contributed by atoms with van der Waals surface area (Å²) in [5.74, 6) is -0.0118.